The topological polar surface area (TPSA) is 72.2 Å². The summed E-state index contributed by atoms with van der Waals surface area (Å²) in [6, 6.07) is 2.27. The molecule has 0 amide bonds. The molecule has 2 rings (SSSR count). The van der Waals surface area contributed by atoms with Gasteiger partial charge in [0.05, 0.1) is 5.02 Å². The molecule has 0 heterocycles. The van der Waals surface area contributed by atoms with E-state index in [9.17, 15) is 12.8 Å². The maximum atomic E-state index is 13.8. The van der Waals surface area contributed by atoms with E-state index in [4.69, 9.17) is 17.3 Å². The molecule has 0 aromatic heterocycles. The van der Waals surface area contributed by atoms with Crippen LogP contribution in [0, 0.1) is 17.7 Å². The molecule has 0 spiro atoms. The van der Waals surface area contributed by atoms with Crippen LogP contribution in [0.25, 0.3) is 0 Å². The first kappa shape index (κ1) is 15.5. The third-order valence-electron chi connectivity index (χ3n) is 3.88. The van der Waals surface area contributed by atoms with E-state index in [0.717, 1.165) is 25.3 Å². The van der Waals surface area contributed by atoms with Gasteiger partial charge in [-0.1, -0.05) is 31.4 Å². The Morgan fingerprint density at radius 3 is 2.75 bits per heavy atom. The van der Waals surface area contributed by atoms with E-state index in [2.05, 4.69) is 11.6 Å². The van der Waals surface area contributed by atoms with Gasteiger partial charge in [0.15, 0.2) is 5.82 Å². The molecule has 0 bridgehead atoms. The molecule has 1 aliphatic carbocycles. The van der Waals surface area contributed by atoms with Gasteiger partial charge in [0.1, 0.15) is 4.90 Å². The maximum absolute atomic E-state index is 13.8. The normalized spacial score (nSPS) is 23.1. The van der Waals surface area contributed by atoms with Crippen molar-refractivity contribution in [3.8, 4) is 0 Å². The number of nitrogens with one attached hydrogen (secondary N) is 1. The number of nitrogen functional groups attached to an aromatic ring is 1. The average Bonchev–Trinajstić information content (AvgIpc) is 2.77. The maximum Gasteiger partial charge on any atom is 0.243 e. The fourth-order valence-electron chi connectivity index (χ4n) is 2.60. The molecule has 4 nitrogen and oxygen atoms in total. The van der Waals surface area contributed by atoms with Crippen LogP contribution in [-0.4, -0.2) is 15.0 Å². The van der Waals surface area contributed by atoms with Crippen molar-refractivity contribution < 1.29 is 12.8 Å². The molecule has 1 aliphatic rings. The fourth-order valence-corrected chi connectivity index (χ4v) is 4.11. The highest BCUT2D eigenvalue weighted by atomic mass is 35.5. The number of hydrogen-bond donors (Lipinski definition) is 2. The van der Waals surface area contributed by atoms with Crippen molar-refractivity contribution in [2.75, 3.05) is 12.3 Å². The first-order valence-corrected chi connectivity index (χ1v) is 8.41. The second-order valence-electron chi connectivity index (χ2n) is 5.34. The van der Waals surface area contributed by atoms with Gasteiger partial charge in [0, 0.05) is 12.2 Å². The molecular weight excluding hydrogens is 303 g/mol. The molecule has 112 valence electrons. The Bertz CT molecular complexity index is 607. The minimum atomic E-state index is -3.94. The van der Waals surface area contributed by atoms with Crippen LogP contribution in [0.4, 0.5) is 10.1 Å². The van der Waals surface area contributed by atoms with Crippen LogP contribution >= 0.6 is 11.6 Å². The first-order valence-electron chi connectivity index (χ1n) is 6.55. The molecule has 20 heavy (non-hydrogen) atoms. The van der Waals surface area contributed by atoms with Crippen LogP contribution in [0.15, 0.2) is 17.0 Å². The number of rotatable bonds is 4. The number of sulfonamides is 1. The van der Waals surface area contributed by atoms with Gasteiger partial charge in [0.25, 0.3) is 0 Å². The van der Waals surface area contributed by atoms with Crippen LogP contribution in [0.1, 0.15) is 26.2 Å². The van der Waals surface area contributed by atoms with Crippen LogP contribution in [0.2, 0.25) is 5.02 Å². The van der Waals surface area contributed by atoms with Crippen LogP contribution in [0.5, 0.6) is 0 Å². The number of halogens is 2. The molecule has 0 radical (unpaired) electrons. The molecule has 2 unspecified atom stereocenters. The van der Waals surface area contributed by atoms with Crippen LogP contribution < -0.4 is 10.5 Å². The molecule has 0 aliphatic heterocycles. The summed E-state index contributed by atoms with van der Waals surface area (Å²) in [6.07, 6.45) is 3.20. The molecule has 1 fully saturated rings. The van der Waals surface area contributed by atoms with Crippen molar-refractivity contribution in [2.45, 2.75) is 31.1 Å². The Balaban J connectivity index is 2.18. The Kier molecular flexibility index (Phi) is 4.56. The molecule has 0 saturated heterocycles. The Morgan fingerprint density at radius 1 is 1.45 bits per heavy atom. The summed E-state index contributed by atoms with van der Waals surface area (Å²) in [5, 5.41) is -0.292. The van der Waals surface area contributed by atoms with Gasteiger partial charge in [-0.15, -0.1) is 0 Å². The summed E-state index contributed by atoms with van der Waals surface area (Å²) >= 11 is 5.63. The highest BCUT2D eigenvalue weighted by molar-refractivity contribution is 7.89. The Labute approximate surface area is 123 Å². The van der Waals surface area contributed by atoms with E-state index in [1.807, 2.05) is 0 Å². The second-order valence-corrected chi connectivity index (χ2v) is 7.48. The van der Waals surface area contributed by atoms with E-state index >= 15 is 0 Å². The molecule has 1 aromatic carbocycles. The molecule has 3 N–H and O–H groups in total. The number of benzene rings is 1. The average molecular weight is 321 g/mol. The van der Waals surface area contributed by atoms with E-state index in [-0.39, 0.29) is 10.7 Å². The lowest BCUT2D eigenvalue weighted by atomic mass is 9.99. The van der Waals surface area contributed by atoms with Gasteiger partial charge >= 0.3 is 0 Å². The van der Waals surface area contributed by atoms with Crippen molar-refractivity contribution in [3.05, 3.63) is 23.0 Å². The van der Waals surface area contributed by atoms with Gasteiger partial charge in [-0.25, -0.2) is 17.5 Å². The standard InChI is InChI=1S/C13H18ClFN2O2S/c1-8-3-2-4-9(8)7-17-20(18,19)12-6-10(16)5-11(14)13(12)15/h5-6,8-9,17H,2-4,7,16H2,1H3. The summed E-state index contributed by atoms with van der Waals surface area (Å²) in [5.41, 5.74) is 5.64. The summed E-state index contributed by atoms with van der Waals surface area (Å²) in [6.45, 7) is 2.42. The zero-order valence-corrected chi connectivity index (χ0v) is 12.8. The third kappa shape index (κ3) is 3.24. The van der Waals surface area contributed by atoms with Crippen LogP contribution in [-0.2, 0) is 10.0 Å². The van der Waals surface area contributed by atoms with Crippen molar-refractivity contribution >= 4 is 27.3 Å². The first-order chi connectivity index (χ1) is 9.31. The number of nitrogens with two attached hydrogens (primary N) is 1. The summed E-state index contributed by atoms with van der Waals surface area (Å²) in [5.74, 6) is -0.191. The zero-order chi connectivity index (χ0) is 14.9. The highest BCUT2D eigenvalue weighted by Gasteiger charge is 2.27. The van der Waals surface area contributed by atoms with Gasteiger partial charge in [0.2, 0.25) is 10.0 Å². The van der Waals surface area contributed by atoms with Crippen molar-refractivity contribution in [2.24, 2.45) is 11.8 Å². The minimum Gasteiger partial charge on any atom is -0.399 e. The van der Waals surface area contributed by atoms with Crippen molar-refractivity contribution in [3.63, 3.8) is 0 Å². The third-order valence-corrected chi connectivity index (χ3v) is 5.58. The SMILES string of the molecule is CC1CCCC1CNS(=O)(=O)c1cc(N)cc(Cl)c1F. The molecule has 1 saturated carbocycles. The lowest BCUT2D eigenvalue weighted by Gasteiger charge is -2.16. The van der Waals surface area contributed by atoms with E-state index in [1.165, 1.54) is 6.07 Å². The van der Waals surface area contributed by atoms with Gasteiger partial charge < -0.3 is 5.73 Å². The quantitative estimate of drug-likeness (QED) is 0.838. The monoisotopic (exact) mass is 320 g/mol. The Hall–Kier alpha value is -0.850. The van der Waals surface area contributed by atoms with E-state index in [0.29, 0.717) is 18.4 Å². The van der Waals surface area contributed by atoms with Gasteiger partial charge in [-0.3, -0.25) is 0 Å². The molecule has 1 aromatic rings. The predicted octanol–water partition coefficient (Wildman–Crippen LogP) is 2.78. The summed E-state index contributed by atoms with van der Waals surface area (Å²) in [4.78, 5) is -0.492. The van der Waals surface area contributed by atoms with Crippen molar-refractivity contribution in [1.29, 1.82) is 0 Å². The zero-order valence-electron chi connectivity index (χ0n) is 11.2. The summed E-state index contributed by atoms with van der Waals surface area (Å²) in [7, 11) is -3.94. The fraction of sp³-hybridized carbons (Fsp3) is 0.538. The molecular formula is C13H18ClFN2O2S. The van der Waals surface area contributed by atoms with E-state index < -0.39 is 20.7 Å². The lowest BCUT2D eigenvalue weighted by molar-refractivity contribution is 0.414. The number of hydrogen-bond acceptors (Lipinski definition) is 3. The minimum absolute atomic E-state index is 0.117. The Morgan fingerprint density at radius 2 is 2.15 bits per heavy atom. The van der Waals surface area contributed by atoms with E-state index in [1.54, 1.807) is 0 Å². The highest BCUT2D eigenvalue weighted by Crippen LogP contribution is 2.31. The van der Waals surface area contributed by atoms with Crippen molar-refractivity contribution in [1.82, 2.24) is 4.72 Å². The molecule has 2 atom stereocenters. The lowest BCUT2D eigenvalue weighted by Crippen LogP contribution is -2.31. The second kappa shape index (κ2) is 5.87. The largest absolute Gasteiger partial charge is 0.399 e. The van der Waals surface area contributed by atoms with Gasteiger partial charge in [-0.05, 0) is 30.4 Å². The van der Waals surface area contributed by atoms with Gasteiger partial charge in [-0.2, -0.15) is 0 Å². The number of anilines is 1. The predicted molar refractivity (Wildman–Crippen MR) is 77.5 cm³/mol. The van der Waals surface area contributed by atoms with Crippen LogP contribution in [0.3, 0.4) is 0 Å². The summed E-state index contributed by atoms with van der Waals surface area (Å²) < 4.78 is 40.6. The molecule has 7 heteroatoms. The smallest absolute Gasteiger partial charge is 0.243 e.